The molecule has 0 radical (unpaired) electrons. The lowest BCUT2D eigenvalue weighted by molar-refractivity contribution is -0.129. The van der Waals surface area contributed by atoms with Crippen molar-refractivity contribution < 1.29 is 9.21 Å². The molecule has 112 valence electrons. The van der Waals surface area contributed by atoms with Gasteiger partial charge in [-0.1, -0.05) is 0 Å². The van der Waals surface area contributed by atoms with Crippen LogP contribution in [0, 0.1) is 0 Å². The highest BCUT2D eigenvalue weighted by molar-refractivity contribution is 5.78. The van der Waals surface area contributed by atoms with Crippen LogP contribution in [0.25, 0.3) is 0 Å². The third-order valence-corrected chi connectivity index (χ3v) is 3.86. The molecule has 1 N–H and O–H groups in total. The van der Waals surface area contributed by atoms with Crippen molar-refractivity contribution in [3.8, 4) is 0 Å². The van der Waals surface area contributed by atoms with E-state index >= 15 is 0 Å². The molecular formula is C15H20N4O2. The van der Waals surface area contributed by atoms with Crippen LogP contribution < -0.4 is 5.32 Å². The number of nitrogens with zero attached hydrogens (tertiary/aromatic N) is 3. The summed E-state index contributed by atoms with van der Waals surface area (Å²) in [5.41, 5.74) is 0. The molecule has 3 rings (SSSR count). The Balaban J connectivity index is 1.71. The van der Waals surface area contributed by atoms with E-state index in [-0.39, 0.29) is 18.5 Å². The Hall–Kier alpha value is -2.08. The molecule has 2 aromatic rings. The van der Waals surface area contributed by atoms with Gasteiger partial charge in [0.1, 0.15) is 17.6 Å². The first-order valence-electron chi connectivity index (χ1n) is 7.27. The standard InChI is InChI=1S/C15H20N4O2/c1-18-9-6-16-15(18)14(12-5-4-10-21-12)17-11-13(20)19-7-2-3-8-19/h4-6,9-10,14,17H,2-3,7-8,11H2,1H3. The summed E-state index contributed by atoms with van der Waals surface area (Å²) in [6, 6.07) is 3.52. The van der Waals surface area contributed by atoms with Gasteiger partial charge in [-0.2, -0.15) is 0 Å². The first-order valence-corrected chi connectivity index (χ1v) is 7.27. The maximum atomic E-state index is 12.2. The van der Waals surface area contributed by atoms with Crippen LogP contribution in [0.15, 0.2) is 35.2 Å². The Morgan fingerprint density at radius 2 is 2.29 bits per heavy atom. The highest BCUT2D eigenvalue weighted by atomic mass is 16.3. The zero-order valence-corrected chi connectivity index (χ0v) is 12.2. The molecule has 0 bridgehead atoms. The van der Waals surface area contributed by atoms with Crippen LogP contribution in [-0.2, 0) is 11.8 Å². The maximum absolute atomic E-state index is 12.2. The van der Waals surface area contributed by atoms with E-state index in [1.807, 2.05) is 34.8 Å². The van der Waals surface area contributed by atoms with Gasteiger partial charge in [0.25, 0.3) is 0 Å². The van der Waals surface area contributed by atoms with Crippen molar-refractivity contribution in [3.05, 3.63) is 42.4 Å². The largest absolute Gasteiger partial charge is 0.467 e. The lowest BCUT2D eigenvalue weighted by atomic mass is 10.2. The summed E-state index contributed by atoms with van der Waals surface area (Å²) in [5, 5.41) is 3.27. The summed E-state index contributed by atoms with van der Waals surface area (Å²) >= 11 is 0. The van der Waals surface area contributed by atoms with E-state index in [9.17, 15) is 4.79 Å². The fraction of sp³-hybridized carbons (Fsp3) is 0.467. The minimum absolute atomic E-state index is 0.137. The second-order valence-corrected chi connectivity index (χ2v) is 5.31. The fourth-order valence-electron chi connectivity index (χ4n) is 2.70. The minimum atomic E-state index is -0.216. The van der Waals surface area contributed by atoms with Crippen molar-refractivity contribution >= 4 is 5.91 Å². The van der Waals surface area contributed by atoms with Crippen LogP contribution >= 0.6 is 0 Å². The molecule has 1 atom stereocenters. The third-order valence-electron chi connectivity index (χ3n) is 3.86. The molecule has 3 heterocycles. The molecule has 0 saturated carbocycles. The number of amides is 1. The average Bonchev–Trinajstić information content (AvgIpc) is 3.21. The monoisotopic (exact) mass is 288 g/mol. The van der Waals surface area contributed by atoms with Gasteiger partial charge in [0.15, 0.2) is 0 Å². The number of hydrogen-bond donors (Lipinski definition) is 1. The summed E-state index contributed by atoms with van der Waals surface area (Å²) in [6.07, 6.45) is 7.47. The van der Waals surface area contributed by atoms with Gasteiger partial charge in [-0.05, 0) is 25.0 Å². The summed E-state index contributed by atoms with van der Waals surface area (Å²) in [6.45, 7) is 2.03. The van der Waals surface area contributed by atoms with Gasteiger partial charge >= 0.3 is 0 Å². The number of rotatable bonds is 5. The molecule has 0 spiro atoms. The van der Waals surface area contributed by atoms with Crippen molar-refractivity contribution in [2.75, 3.05) is 19.6 Å². The van der Waals surface area contributed by atoms with E-state index in [2.05, 4.69) is 10.3 Å². The number of carbonyl (C=O) groups is 1. The van der Waals surface area contributed by atoms with E-state index in [4.69, 9.17) is 4.42 Å². The zero-order chi connectivity index (χ0) is 14.7. The summed E-state index contributed by atoms with van der Waals surface area (Å²) in [7, 11) is 1.93. The minimum Gasteiger partial charge on any atom is -0.467 e. The number of nitrogens with one attached hydrogen (secondary N) is 1. The second kappa shape index (κ2) is 6.13. The van der Waals surface area contributed by atoms with Crippen LogP contribution in [0.1, 0.15) is 30.5 Å². The smallest absolute Gasteiger partial charge is 0.236 e. The Morgan fingerprint density at radius 3 is 2.90 bits per heavy atom. The van der Waals surface area contributed by atoms with Gasteiger partial charge in [0, 0.05) is 32.5 Å². The fourth-order valence-corrected chi connectivity index (χ4v) is 2.70. The molecule has 21 heavy (non-hydrogen) atoms. The number of aromatic nitrogens is 2. The highest BCUT2D eigenvalue weighted by Gasteiger charge is 2.23. The first kappa shape index (κ1) is 13.9. The Bertz CT molecular complexity index is 585. The summed E-state index contributed by atoms with van der Waals surface area (Å²) in [4.78, 5) is 18.4. The number of imidazole rings is 1. The number of hydrogen-bond acceptors (Lipinski definition) is 4. The molecule has 6 heteroatoms. The quantitative estimate of drug-likeness (QED) is 0.901. The Labute approximate surface area is 123 Å². The van der Waals surface area contributed by atoms with Gasteiger partial charge < -0.3 is 13.9 Å². The number of furan rings is 1. The van der Waals surface area contributed by atoms with Crippen LogP contribution in [0.2, 0.25) is 0 Å². The van der Waals surface area contributed by atoms with Crippen LogP contribution in [0.4, 0.5) is 0 Å². The number of likely N-dealkylation sites (tertiary alicyclic amines) is 1. The van der Waals surface area contributed by atoms with Gasteiger partial charge in [-0.15, -0.1) is 0 Å². The molecule has 0 aliphatic carbocycles. The van der Waals surface area contributed by atoms with E-state index in [1.165, 1.54) is 0 Å². The molecule has 1 fully saturated rings. The highest BCUT2D eigenvalue weighted by Crippen LogP contribution is 2.20. The molecule has 1 saturated heterocycles. The van der Waals surface area contributed by atoms with Gasteiger partial charge in [-0.3, -0.25) is 10.1 Å². The average molecular weight is 288 g/mol. The van der Waals surface area contributed by atoms with Crippen molar-refractivity contribution in [2.24, 2.45) is 7.05 Å². The maximum Gasteiger partial charge on any atom is 0.236 e. The van der Waals surface area contributed by atoms with Gasteiger partial charge in [0.05, 0.1) is 12.8 Å². The molecular weight excluding hydrogens is 268 g/mol. The van der Waals surface area contributed by atoms with Crippen LogP contribution in [-0.4, -0.2) is 40.0 Å². The van der Waals surface area contributed by atoms with E-state index in [1.54, 1.807) is 12.5 Å². The van der Waals surface area contributed by atoms with E-state index in [0.717, 1.165) is 37.5 Å². The van der Waals surface area contributed by atoms with Crippen LogP contribution in [0.3, 0.4) is 0 Å². The molecule has 6 nitrogen and oxygen atoms in total. The predicted octanol–water partition coefficient (Wildman–Crippen LogP) is 1.31. The van der Waals surface area contributed by atoms with E-state index in [0.29, 0.717) is 0 Å². The van der Waals surface area contributed by atoms with Gasteiger partial charge in [0.2, 0.25) is 5.91 Å². The molecule has 1 aliphatic rings. The molecule has 1 aliphatic heterocycles. The lowest BCUT2D eigenvalue weighted by Gasteiger charge is -2.19. The van der Waals surface area contributed by atoms with E-state index < -0.39 is 0 Å². The zero-order valence-electron chi connectivity index (χ0n) is 12.2. The third kappa shape index (κ3) is 3.00. The Morgan fingerprint density at radius 1 is 1.48 bits per heavy atom. The van der Waals surface area contributed by atoms with Crippen molar-refractivity contribution in [1.29, 1.82) is 0 Å². The van der Waals surface area contributed by atoms with Crippen molar-refractivity contribution in [3.63, 3.8) is 0 Å². The molecule has 1 unspecified atom stereocenters. The van der Waals surface area contributed by atoms with Crippen molar-refractivity contribution in [1.82, 2.24) is 19.8 Å². The van der Waals surface area contributed by atoms with Crippen molar-refractivity contribution in [2.45, 2.75) is 18.9 Å². The molecule has 0 aromatic carbocycles. The predicted molar refractivity (Wildman–Crippen MR) is 77.6 cm³/mol. The second-order valence-electron chi connectivity index (χ2n) is 5.31. The topological polar surface area (TPSA) is 63.3 Å². The Kier molecular flexibility index (Phi) is 4.06. The van der Waals surface area contributed by atoms with Gasteiger partial charge in [-0.25, -0.2) is 4.98 Å². The lowest BCUT2D eigenvalue weighted by Crippen LogP contribution is -2.38. The SMILES string of the molecule is Cn1ccnc1C(NCC(=O)N1CCCC1)c1ccco1. The molecule has 1 amide bonds. The summed E-state index contributed by atoms with van der Waals surface area (Å²) < 4.78 is 7.42. The number of aryl methyl sites for hydroxylation is 1. The first-order chi connectivity index (χ1) is 10.3. The molecule has 2 aromatic heterocycles. The summed E-state index contributed by atoms with van der Waals surface area (Å²) in [5.74, 6) is 1.73. The van der Waals surface area contributed by atoms with Crippen LogP contribution in [0.5, 0.6) is 0 Å². The number of carbonyl (C=O) groups excluding carboxylic acids is 1. The normalized spacial score (nSPS) is 16.3.